The van der Waals surface area contributed by atoms with Crippen molar-refractivity contribution in [1.29, 1.82) is 0 Å². The minimum atomic E-state index is -0.683. The van der Waals surface area contributed by atoms with Crippen LogP contribution in [0.15, 0.2) is 18.6 Å². The predicted octanol–water partition coefficient (Wildman–Crippen LogP) is 4.57. The molecule has 0 N–H and O–H groups in total. The number of rotatable bonds is 2. The highest BCUT2D eigenvalue weighted by Gasteiger charge is 2.58. The third kappa shape index (κ3) is 3.76. The summed E-state index contributed by atoms with van der Waals surface area (Å²) in [6, 6.07) is 2.03. The number of likely N-dealkylation sites (tertiary alicyclic amines) is 1. The molecule has 1 amide bonds. The number of hydrogen-bond acceptors (Lipinski definition) is 6. The molecule has 0 radical (unpaired) electrons. The van der Waals surface area contributed by atoms with Crippen molar-refractivity contribution < 1.29 is 19.0 Å². The van der Waals surface area contributed by atoms with E-state index >= 15 is 0 Å². The van der Waals surface area contributed by atoms with Crippen LogP contribution in [0.5, 0.6) is 0 Å². The molecule has 1 unspecified atom stereocenters. The van der Waals surface area contributed by atoms with Crippen molar-refractivity contribution in [1.82, 2.24) is 19.4 Å². The quantitative estimate of drug-likeness (QED) is 0.608. The van der Waals surface area contributed by atoms with Crippen LogP contribution in [0.25, 0.3) is 11.0 Å². The first kappa shape index (κ1) is 21.9. The lowest BCUT2D eigenvalue weighted by atomic mass is 9.93. The third-order valence-corrected chi connectivity index (χ3v) is 7.02. The van der Waals surface area contributed by atoms with Gasteiger partial charge < -0.3 is 23.7 Å². The highest BCUT2D eigenvalue weighted by molar-refractivity contribution is 6.33. The first-order valence-electron chi connectivity index (χ1n) is 11.4. The second kappa shape index (κ2) is 7.57. The number of nitrogens with zero attached hydrogens (tertiary/aromatic N) is 4. The van der Waals surface area contributed by atoms with E-state index in [2.05, 4.69) is 14.5 Å². The zero-order valence-electron chi connectivity index (χ0n) is 19.2. The number of aromatic nitrogens is 3. The van der Waals surface area contributed by atoms with E-state index in [-0.39, 0.29) is 36.3 Å². The zero-order valence-corrected chi connectivity index (χ0v) is 20.0. The van der Waals surface area contributed by atoms with Crippen LogP contribution in [0.4, 0.5) is 4.79 Å². The van der Waals surface area contributed by atoms with Gasteiger partial charge in [0.05, 0.1) is 17.5 Å². The Morgan fingerprint density at radius 2 is 1.97 bits per heavy atom. The predicted molar refractivity (Wildman–Crippen MR) is 119 cm³/mol. The van der Waals surface area contributed by atoms with Gasteiger partial charge in [0.1, 0.15) is 28.8 Å². The molecule has 2 aromatic rings. The van der Waals surface area contributed by atoms with E-state index in [0.717, 1.165) is 30.3 Å². The Morgan fingerprint density at radius 1 is 1.22 bits per heavy atom. The van der Waals surface area contributed by atoms with Crippen LogP contribution in [-0.2, 0) is 14.2 Å². The highest BCUT2D eigenvalue weighted by atomic mass is 35.5. The molecular weight excluding hydrogens is 432 g/mol. The molecule has 1 aliphatic carbocycles. The maximum atomic E-state index is 13.0. The third-order valence-electron chi connectivity index (χ3n) is 6.72. The van der Waals surface area contributed by atoms with Crippen molar-refractivity contribution in [3.8, 4) is 0 Å². The fourth-order valence-electron chi connectivity index (χ4n) is 5.63. The lowest BCUT2D eigenvalue weighted by Crippen LogP contribution is -2.45. The smallest absolute Gasteiger partial charge is 0.410 e. The first-order valence-corrected chi connectivity index (χ1v) is 11.7. The van der Waals surface area contributed by atoms with Crippen molar-refractivity contribution >= 4 is 28.7 Å². The van der Waals surface area contributed by atoms with Crippen molar-refractivity contribution in [3.05, 3.63) is 23.7 Å². The Labute approximate surface area is 193 Å². The van der Waals surface area contributed by atoms with Crippen LogP contribution >= 0.6 is 11.6 Å². The van der Waals surface area contributed by atoms with E-state index in [1.165, 1.54) is 6.33 Å². The van der Waals surface area contributed by atoms with Crippen molar-refractivity contribution in [2.45, 2.75) is 89.6 Å². The number of carbonyl (C=O) groups is 1. The topological polar surface area (TPSA) is 78.7 Å². The van der Waals surface area contributed by atoms with E-state index < -0.39 is 11.4 Å². The Hall–Kier alpha value is -1.90. The molecule has 5 atom stereocenters. The molecule has 1 saturated carbocycles. The number of amides is 1. The van der Waals surface area contributed by atoms with Gasteiger partial charge in [-0.15, -0.1) is 0 Å². The Kier molecular flexibility index (Phi) is 5.18. The summed E-state index contributed by atoms with van der Waals surface area (Å²) in [5, 5.41) is 1.26. The van der Waals surface area contributed by atoms with Crippen LogP contribution in [0.2, 0.25) is 5.15 Å². The van der Waals surface area contributed by atoms with Gasteiger partial charge in [-0.3, -0.25) is 0 Å². The summed E-state index contributed by atoms with van der Waals surface area (Å²) in [5.41, 5.74) is 0.265. The van der Waals surface area contributed by atoms with Crippen LogP contribution in [0, 0.1) is 5.92 Å². The lowest BCUT2D eigenvalue weighted by Gasteiger charge is -2.34. The summed E-state index contributed by atoms with van der Waals surface area (Å²) in [4.78, 5) is 23.5. The van der Waals surface area contributed by atoms with E-state index in [1.54, 1.807) is 0 Å². The Balaban J connectivity index is 1.47. The monoisotopic (exact) mass is 462 g/mol. The standard InChI is InChI=1S/C23H31ClN4O4/c1-22(2,3)32-21(29)28-9-6-7-15(28)14-11-16(18-17(14)30-23(4,5)31-18)27-10-8-13-19(24)25-12-26-20(13)27/h8,10,12,14-18H,6-7,9,11H2,1-5H3/t14-,15?,16-,17-,18+/m1/s1. The molecule has 0 aromatic carbocycles. The van der Waals surface area contributed by atoms with E-state index in [4.69, 9.17) is 25.8 Å². The fourth-order valence-corrected chi connectivity index (χ4v) is 5.82. The molecule has 2 aromatic heterocycles. The molecule has 32 heavy (non-hydrogen) atoms. The van der Waals surface area contributed by atoms with Gasteiger partial charge in [-0.05, 0) is 59.9 Å². The second-order valence-electron chi connectivity index (χ2n) is 10.5. The molecule has 3 aliphatic rings. The summed E-state index contributed by atoms with van der Waals surface area (Å²) in [6.07, 6.45) is 5.71. The Bertz CT molecular complexity index is 1030. The van der Waals surface area contributed by atoms with Crippen LogP contribution < -0.4 is 0 Å². The molecule has 5 rings (SSSR count). The van der Waals surface area contributed by atoms with Crippen LogP contribution in [0.1, 0.15) is 59.9 Å². The molecule has 0 spiro atoms. The molecule has 3 fully saturated rings. The average Bonchev–Trinajstić information content (AvgIpc) is 3.42. The molecule has 4 heterocycles. The van der Waals surface area contributed by atoms with Gasteiger partial charge in [0.25, 0.3) is 0 Å². The normalized spacial score (nSPS) is 31.9. The zero-order chi connectivity index (χ0) is 22.8. The lowest BCUT2D eigenvalue weighted by molar-refractivity contribution is -0.162. The number of hydrogen-bond donors (Lipinski definition) is 0. The maximum absolute atomic E-state index is 13.0. The largest absolute Gasteiger partial charge is 0.444 e. The minimum Gasteiger partial charge on any atom is -0.444 e. The maximum Gasteiger partial charge on any atom is 0.410 e. The SMILES string of the molecule is CC(C)(C)OC(=O)N1CCCC1[C@H]1C[C@@H](n2ccc3c(Cl)ncnc32)[C@@H]2OC(C)(C)O[C@@H]21. The van der Waals surface area contributed by atoms with Crippen molar-refractivity contribution in [2.75, 3.05) is 6.54 Å². The van der Waals surface area contributed by atoms with E-state index in [0.29, 0.717) is 11.7 Å². The minimum absolute atomic E-state index is 0.0244. The average molecular weight is 463 g/mol. The van der Waals surface area contributed by atoms with E-state index in [9.17, 15) is 4.79 Å². The summed E-state index contributed by atoms with van der Waals surface area (Å²) in [6.45, 7) is 10.3. The number of fused-ring (bicyclic) bond motifs is 2. The van der Waals surface area contributed by atoms with Crippen LogP contribution in [0.3, 0.4) is 0 Å². The summed E-state index contributed by atoms with van der Waals surface area (Å²) in [7, 11) is 0. The molecule has 8 nitrogen and oxygen atoms in total. The Morgan fingerprint density at radius 3 is 2.72 bits per heavy atom. The van der Waals surface area contributed by atoms with Crippen molar-refractivity contribution in [3.63, 3.8) is 0 Å². The summed E-state index contributed by atoms with van der Waals surface area (Å²) < 4.78 is 20.7. The summed E-state index contributed by atoms with van der Waals surface area (Å²) in [5.74, 6) is -0.548. The van der Waals surface area contributed by atoms with Crippen LogP contribution in [-0.4, -0.2) is 61.7 Å². The number of ether oxygens (including phenoxy) is 3. The number of carbonyl (C=O) groups excluding carboxylic acids is 1. The summed E-state index contributed by atoms with van der Waals surface area (Å²) >= 11 is 6.29. The molecule has 0 bridgehead atoms. The van der Waals surface area contributed by atoms with Gasteiger partial charge in [-0.1, -0.05) is 11.6 Å². The van der Waals surface area contributed by atoms with Gasteiger partial charge in [-0.25, -0.2) is 14.8 Å². The van der Waals surface area contributed by atoms with Gasteiger partial charge in [0.2, 0.25) is 0 Å². The molecular formula is C23H31ClN4O4. The van der Waals surface area contributed by atoms with Gasteiger partial charge in [0.15, 0.2) is 5.79 Å². The number of halogens is 1. The second-order valence-corrected chi connectivity index (χ2v) is 10.9. The molecule has 174 valence electrons. The fraction of sp³-hybridized carbons (Fsp3) is 0.696. The van der Waals surface area contributed by atoms with Crippen molar-refractivity contribution in [2.24, 2.45) is 5.92 Å². The van der Waals surface area contributed by atoms with Gasteiger partial charge in [0, 0.05) is 24.7 Å². The first-order chi connectivity index (χ1) is 15.0. The molecule has 2 saturated heterocycles. The highest BCUT2D eigenvalue weighted by Crippen LogP contribution is 2.51. The molecule has 9 heteroatoms. The van der Waals surface area contributed by atoms with Gasteiger partial charge in [-0.2, -0.15) is 0 Å². The molecule has 2 aliphatic heterocycles. The van der Waals surface area contributed by atoms with Gasteiger partial charge >= 0.3 is 6.09 Å². The van der Waals surface area contributed by atoms with E-state index in [1.807, 2.05) is 51.8 Å².